The van der Waals surface area contributed by atoms with Crippen LogP contribution in [0.1, 0.15) is 30.9 Å². The number of nitrogens with zero attached hydrogens (tertiary/aromatic N) is 1. The third kappa shape index (κ3) is 4.64. The van der Waals surface area contributed by atoms with E-state index in [1.165, 1.54) is 18.4 Å². The number of ether oxygens (including phenoxy) is 1. The molecule has 0 aromatic heterocycles. The quantitative estimate of drug-likeness (QED) is 0.833. The molecule has 1 saturated heterocycles. The Bertz CT molecular complexity index is 469. The Labute approximate surface area is 121 Å². The van der Waals surface area contributed by atoms with Crippen molar-refractivity contribution in [3.8, 4) is 11.8 Å². The monoisotopic (exact) mass is 273 g/mol. The van der Waals surface area contributed by atoms with Crippen molar-refractivity contribution in [3.05, 3.63) is 35.4 Å². The van der Waals surface area contributed by atoms with Gasteiger partial charge in [-0.2, -0.15) is 0 Å². The number of aliphatic hydroxyl groups excluding tert-OH is 1. The molecular formula is C17H23NO2. The maximum atomic E-state index is 8.74. The SMILES string of the molecule is CCN(Cc1cccc(C#CCO)c1)CC1CCCO1. The highest BCUT2D eigenvalue weighted by Crippen LogP contribution is 2.15. The van der Waals surface area contributed by atoms with Crippen molar-refractivity contribution in [2.24, 2.45) is 0 Å². The molecular weight excluding hydrogens is 250 g/mol. The van der Waals surface area contributed by atoms with E-state index < -0.39 is 0 Å². The fourth-order valence-electron chi connectivity index (χ4n) is 2.53. The average Bonchev–Trinajstić information content (AvgIpc) is 2.98. The van der Waals surface area contributed by atoms with Gasteiger partial charge in [-0.1, -0.05) is 30.9 Å². The van der Waals surface area contributed by atoms with Crippen LogP contribution in [0.3, 0.4) is 0 Å². The molecule has 0 bridgehead atoms. The maximum Gasteiger partial charge on any atom is 0.104 e. The Morgan fingerprint density at radius 3 is 3.05 bits per heavy atom. The first-order valence-corrected chi connectivity index (χ1v) is 7.34. The Morgan fingerprint density at radius 1 is 1.45 bits per heavy atom. The van der Waals surface area contributed by atoms with E-state index in [0.717, 1.165) is 31.8 Å². The molecule has 108 valence electrons. The number of benzene rings is 1. The summed E-state index contributed by atoms with van der Waals surface area (Å²) in [7, 11) is 0. The summed E-state index contributed by atoms with van der Waals surface area (Å²) in [5.41, 5.74) is 2.22. The van der Waals surface area contributed by atoms with E-state index in [9.17, 15) is 0 Å². The van der Waals surface area contributed by atoms with Gasteiger partial charge in [0, 0.05) is 25.3 Å². The second kappa shape index (κ2) is 8.06. The van der Waals surface area contributed by atoms with Crippen molar-refractivity contribution < 1.29 is 9.84 Å². The molecule has 2 rings (SSSR count). The standard InChI is InChI=1S/C17H23NO2/c1-2-18(14-17-9-5-11-20-17)13-16-7-3-6-15(12-16)8-4-10-19/h3,6-7,12,17,19H,2,5,9-11,13-14H2,1H3. The lowest BCUT2D eigenvalue weighted by atomic mass is 10.1. The van der Waals surface area contributed by atoms with Gasteiger partial charge in [-0.25, -0.2) is 0 Å². The Balaban J connectivity index is 1.95. The van der Waals surface area contributed by atoms with Crippen molar-refractivity contribution in [3.63, 3.8) is 0 Å². The summed E-state index contributed by atoms with van der Waals surface area (Å²) in [6.07, 6.45) is 2.76. The highest BCUT2D eigenvalue weighted by Gasteiger charge is 2.18. The minimum Gasteiger partial charge on any atom is -0.384 e. The number of hydrogen-bond donors (Lipinski definition) is 1. The molecule has 1 aromatic rings. The fraction of sp³-hybridized carbons (Fsp3) is 0.529. The van der Waals surface area contributed by atoms with E-state index in [1.807, 2.05) is 12.1 Å². The first kappa shape index (κ1) is 15.1. The molecule has 1 fully saturated rings. The number of rotatable bonds is 5. The zero-order valence-electron chi connectivity index (χ0n) is 12.1. The van der Waals surface area contributed by atoms with Crippen LogP contribution >= 0.6 is 0 Å². The summed E-state index contributed by atoms with van der Waals surface area (Å²) in [4.78, 5) is 2.41. The molecule has 0 amide bonds. The first-order chi connectivity index (χ1) is 9.81. The minimum atomic E-state index is -0.0929. The highest BCUT2D eigenvalue weighted by atomic mass is 16.5. The van der Waals surface area contributed by atoms with Crippen molar-refractivity contribution in [2.75, 3.05) is 26.3 Å². The number of hydrogen-bond acceptors (Lipinski definition) is 3. The van der Waals surface area contributed by atoms with Crippen molar-refractivity contribution in [2.45, 2.75) is 32.4 Å². The molecule has 1 aromatic carbocycles. The number of likely N-dealkylation sites (N-methyl/N-ethyl adjacent to an activating group) is 1. The van der Waals surface area contributed by atoms with E-state index in [-0.39, 0.29) is 6.61 Å². The maximum absolute atomic E-state index is 8.74. The summed E-state index contributed by atoms with van der Waals surface area (Å²) >= 11 is 0. The van der Waals surface area contributed by atoms with Crippen LogP contribution in [0.25, 0.3) is 0 Å². The van der Waals surface area contributed by atoms with Gasteiger partial charge in [0.15, 0.2) is 0 Å². The summed E-state index contributed by atoms with van der Waals surface area (Å²) in [6.45, 7) is 5.95. The van der Waals surface area contributed by atoms with Gasteiger partial charge in [-0.05, 0) is 37.1 Å². The van der Waals surface area contributed by atoms with Crippen LogP contribution in [0.4, 0.5) is 0 Å². The molecule has 1 N–H and O–H groups in total. The van der Waals surface area contributed by atoms with Crippen molar-refractivity contribution in [1.29, 1.82) is 0 Å². The van der Waals surface area contributed by atoms with Crippen LogP contribution in [-0.4, -0.2) is 42.4 Å². The smallest absolute Gasteiger partial charge is 0.104 e. The molecule has 3 nitrogen and oxygen atoms in total. The topological polar surface area (TPSA) is 32.7 Å². The Morgan fingerprint density at radius 2 is 2.35 bits per heavy atom. The van der Waals surface area contributed by atoms with Crippen LogP contribution in [0.15, 0.2) is 24.3 Å². The lowest BCUT2D eigenvalue weighted by Crippen LogP contribution is -2.31. The van der Waals surface area contributed by atoms with E-state index in [4.69, 9.17) is 9.84 Å². The van der Waals surface area contributed by atoms with E-state index >= 15 is 0 Å². The minimum absolute atomic E-state index is 0.0929. The zero-order valence-corrected chi connectivity index (χ0v) is 12.1. The molecule has 3 heteroatoms. The molecule has 1 aliphatic rings. The Kier molecular flexibility index (Phi) is 6.07. The van der Waals surface area contributed by atoms with Crippen molar-refractivity contribution in [1.82, 2.24) is 4.90 Å². The third-order valence-electron chi connectivity index (χ3n) is 3.58. The van der Waals surface area contributed by atoms with Gasteiger partial charge in [-0.15, -0.1) is 0 Å². The highest BCUT2D eigenvalue weighted by molar-refractivity contribution is 5.37. The second-order valence-corrected chi connectivity index (χ2v) is 5.12. The summed E-state index contributed by atoms with van der Waals surface area (Å²) in [5.74, 6) is 5.65. The first-order valence-electron chi connectivity index (χ1n) is 7.34. The summed E-state index contributed by atoms with van der Waals surface area (Å²) < 4.78 is 5.71. The van der Waals surface area contributed by atoms with Gasteiger partial charge in [0.2, 0.25) is 0 Å². The molecule has 0 radical (unpaired) electrons. The molecule has 20 heavy (non-hydrogen) atoms. The fourth-order valence-corrected chi connectivity index (χ4v) is 2.53. The van der Waals surface area contributed by atoms with Crippen LogP contribution in [0, 0.1) is 11.8 Å². The van der Waals surface area contributed by atoms with Crippen LogP contribution in [0.2, 0.25) is 0 Å². The third-order valence-corrected chi connectivity index (χ3v) is 3.58. The average molecular weight is 273 g/mol. The second-order valence-electron chi connectivity index (χ2n) is 5.12. The lowest BCUT2D eigenvalue weighted by molar-refractivity contribution is 0.0725. The van der Waals surface area contributed by atoms with Gasteiger partial charge in [0.1, 0.15) is 6.61 Å². The summed E-state index contributed by atoms with van der Waals surface area (Å²) in [5, 5.41) is 8.74. The van der Waals surface area contributed by atoms with E-state index in [0.29, 0.717) is 6.10 Å². The summed E-state index contributed by atoms with van der Waals surface area (Å²) in [6, 6.07) is 8.22. The number of aliphatic hydroxyl groups is 1. The molecule has 0 aliphatic carbocycles. The predicted molar refractivity (Wildman–Crippen MR) is 80.3 cm³/mol. The van der Waals surface area contributed by atoms with Crippen molar-refractivity contribution >= 4 is 0 Å². The van der Waals surface area contributed by atoms with Gasteiger partial charge in [0.25, 0.3) is 0 Å². The van der Waals surface area contributed by atoms with E-state index in [1.54, 1.807) is 0 Å². The lowest BCUT2D eigenvalue weighted by Gasteiger charge is -2.23. The molecule has 0 saturated carbocycles. The normalized spacial score (nSPS) is 18.1. The van der Waals surface area contributed by atoms with Crippen LogP contribution in [0.5, 0.6) is 0 Å². The predicted octanol–water partition coefficient (Wildman–Crippen LogP) is 2.03. The van der Waals surface area contributed by atoms with E-state index in [2.05, 4.69) is 35.8 Å². The molecule has 1 aliphatic heterocycles. The van der Waals surface area contributed by atoms with Gasteiger partial charge in [-0.3, -0.25) is 4.90 Å². The zero-order chi connectivity index (χ0) is 14.2. The van der Waals surface area contributed by atoms with Gasteiger partial charge < -0.3 is 9.84 Å². The molecule has 1 atom stereocenters. The Hall–Kier alpha value is -1.34. The molecule has 0 spiro atoms. The van der Waals surface area contributed by atoms with Crippen LogP contribution < -0.4 is 0 Å². The molecule has 1 heterocycles. The van der Waals surface area contributed by atoms with Gasteiger partial charge >= 0.3 is 0 Å². The largest absolute Gasteiger partial charge is 0.384 e. The van der Waals surface area contributed by atoms with Crippen LogP contribution in [-0.2, 0) is 11.3 Å². The van der Waals surface area contributed by atoms with Gasteiger partial charge in [0.05, 0.1) is 6.10 Å². The molecule has 1 unspecified atom stereocenters.